The molecule has 0 aromatic carbocycles. The van der Waals surface area contributed by atoms with Crippen LogP contribution in [0.1, 0.15) is 13.3 Å². The zero-order valence-electron chi connectivity index (χ0n) is 4.96. The third-order valence-electron chi connectivity index (χ3n) is 1.68. The normalized spacial score (nSPS) is 38.1. The van der Waals surface area contributed by atoms with Gasteiger partial charge in [0.25, 0.3) is 0 Å². The van der Waals surface area contributed by atoms with Crippen LogP contribution < -0.4 is 5.73 Å². The molecule has 1 aliphatic rings. The zero-order valence-corrected chi connectivity index (χ0v) is 4.96. The lowest BCUT2D eigenvalue weighted by atomic mass is 10.2. The monoisotopic (exact) mass is 110 g/mol. The highest BCUT2D eigenvalue weighted by molar-refractivity contribution is 5.04. The van der Waals surface area contributed by atoms with E-state index >= 15 is 0 Å². The Labute approximate surface area is 49.3 Å². The van der Waals surface area contributed by atoms with Crippen molar-refractivity contribution in [3.8, 4) is 6.07 Å². The van der Waals surface area contributed by atoms with E-state index in [0.29, 0.717) is 5.92 Å². The molecule has 3 atom stereocenters. The summed E-state index contributed by atoms with van der Waals surface area (Å²) in [6.07, 6.45) is 1.02. The Kier molecular flexibility index (Phi) is 1.22. The van der Waals surface area contributed by atoms with E-state index in [2.05, 4.69) is 6.07 Å². The highest BCUT2D eigenvalue weighted by atomic mass is 14.7. The van der Waals surface area contributed by atoms with E-state index in [0.717, 1.165) is 6.42 Å². The average Bonchev–Trinajstić information content (AvgIpc) is 2.42. The fourth-order valence-corrected chi connectivity index (χ4v) is 0.944. The van der Waals surface area contributed by atoms with E-state index < -0.39 is 0 Å². The minimum atomic E-state index is 0.222. The summed E-state index contributed by atoms with van der Waals surface area (Å²) >= 11 is 0. The van der Waals surface area contributed by atoms with Crippen molar-refractivity contribution >= 4 is 0 Å². The smallest absolute Gasteiger partial charge is 0.0659 e. The summed E-state index contributed by atoms with van der Waals surface area (Å²) in [5.41, 5.74) is 5.51. The molecule has 1 aliphatic carbocycles. The Bertz CT molecular complexity index is 123. The van der Waals surface area contributed by atoms with Gasteiger partial charge < -0.3 is 5.73 Å². The summed E-state index contributed by atoms with van der Waals surface area (Å²) in [5, 5.41) is 8.32. The summed E-state index contributed by atoms with van der Waals surface area (Å²) in [6, 6.07) is 2.41. The first-order valence-corrected chi connectivity index (χ1v) is 2.91. The quantitative estimate of drug-likeness (QED) is 0.534. The van der Waals surface area contributed by atoms with Crippen molar-refractivity contribution in [2.75, 3.05) is 0 Å². The molecule has 44 valence electrons. The van der Waals surface area contributed by atoms with Gasteiger partial charge in [-0.05, 0) is 19.3 Å². The maximum Gasteiger partial charge on any atom is 0.0659 e. The molecule has 0 aromatic rings. The Morgan fingerprint density at radius 3 is 2.62 bits per heavy atom. The van der Waals surface area contributed by atoms with Crippen molar-refractivity contribution in [2.45, 2.75) is 19.4 Å². The van der Waals surface area contributed by atoms with Crippen LogP contribution in [0, 0.1) is 23.2 Å². The second-order valence-electron chi connectivity index (χ2n) is 2.49. The number of nitrogens with zero attached hydrogens (tertiary/aromatic N) is 1. The summed E-state index contributed by atoms with van der Waals surface area (Å²) in [5.74, 6) is 0.773. The van der Waals surface area contributed by atoms with Crippen LogP contribution in [0.25, 0.3) is 0 Å². The van der Waals surface area contributed by atoms with Crippen molar-refractivity contribution in [2.24, 2.45) is 17.6 Å². The van der Waals surface area contributed by atoms with Crippen molar-refractivity contribution < 1.29 is 0 Å². The van der Waals surface area contributed by atoms with Crippen LogP contribution in [0.4, 0.5) is 0 Å². The summed E-state index contributed by atoms with van der Waals surface area (Å²) in [6.45, 7) is 1.96. The van der Waals surface area contributed by atoms with Gasteiger partial charge in [-0.3, -0.25) is 0 Å². The van der Waals surface area contributed by atoms with Crippen LogP contribution in [-0.4, -0.2) is 6.04 Å². The molecule has 0 unspecified atom stereocenters. The van der Waals surface area contributed by atoms with Crippen molar-refractivity contribution in [3.63, 3.8) is 0 Å². The van der Waals surface area contributed by atoms with E-state index in [1.807, 2.05) is 6.92 Å². The fourth-order valence-electron chi connectivity index (χ4n) is 0.944. The molecule has 2 N–H and O–H groups in total. The summed E-state index contributed by atoms with van der Waals surface area (Å²) in [7, 11) is 0. The van der Waals surface area contributed by atoms with Crippen molar-refractivity contribution in [1.82, 2.24) is 0 Å². The molecule has 0 radical (unpaired) electrons. The third-order valence-corrected chi connectivity index (χ3v) is 1.68. The highest BCUT2D eigenvalue weighted by Crippen LogP contribution is 2.39. The van der Waals surface area contributed by atoms with Crippen LogP contribution >= 0.6 is 0 Å². The zero-order chi connectivity index (χ0) is 6.15. The second-order valence-corrected chi connectivity index (χ2v) is 2.49. The van der Waals surface area contributed by atoms with E-state index in [1.54, 1.807) is 0 Å². The molecule has 0 amide bonds. The molecule has 2 heteroatoms. The Morgan fingerprint density at radius 2 is 2.50 bits per heavy atom. The number of nitriles is 1. The minimum Gasteiger partial charge on any atom is -0.328 e. The Morgan fingerprint density at radius 1 is 1.88 bits per heavy atom. The molecule has 0 aromatic heterocycles. The van der Waals surface area contributed by atoms with Crippen molar-refractivity contribution in [3.05, 3.63) is 0 Å². The lowest BCUT2D eigenvalue weighted by Crippen LogP contribution is -2.17. The van der Waals surface area contributed by atoms with Gasteiger partial charge in [0.1, 0.15) is 0 Å². The van der Waals surface area contributed by atoms with Gasteiger partial charge in [0.2, 0.25) is 0 Å². The second kappa shape index (κ2) is 1.75. The van der Waals surface area contributed by atoms with Gasteiger partial charge in [-0.25, -0.2) is 0 Å². The fraction of sp³-hybridized carbons (Fsp3) is 0.833. The van der Waals surface area contributed by atoms with Gasteiger partial charge in [-0.1, -0.05) is 0 Å². The van der Waals surface area contributed by atoms with Crippen LogP contribution in [0.5, 0.6) is 0 Å². The molecule has 1 rings (SSSR count). The molecule has 0 saturated heterocycles. The largest absolute Gasteiger partial charge is 0.328 e. The Hall–Kier alpha value is -0.550. The average molecular weight is 110 g/mol. The standard InChI is InChI=1S/C6H10N2/c1-4(8)6-2-5(6)3-7/h4-6H,2,8H2,1H3/t4-,5-,6+/m1/s1. The third kappa shape index (κ3) is 0.823. The van der Waals surface area contributed by atoms with Crippen LogP contribution in [-0.2, 0) is 0 Å². The number of rotatable bonds is 1. The van der Waals surface area contributed by atoms with Gasteiger partial charge in [0.05, 0.1) is 12.0 Å². The van der Waals surface area contributed by atoms with Crippen LogP contribution in [0.15, 0.2) is 0 Å². The molecule has 8 heavy (non-hydrogen) atoms. The molecular weight excluding hydrogens is 100 g/mol. The van der Waals surface area contributed by atoms with Gasteiger partial charge in [0, 0.05) is 6.04 Å². The van der Waals surface area contributed by atoms with E-state index in [-0.39, 0.29) is 12.0 Å². The Balaban J connectivity index is 2.29. The SMILES string of the molecule is C[C@@H](N)[C@@H]1C[C@@H]1C#N. The van der Waals surface area contributed by atoms with Gasteiger partial charge in [-0.2, -0.15) is 5.26 Å². The minimum absolute atomic E-state index is 0.222. The van der Waals surface area contributed by atoms with Gasteiger partial charge in [0.15, 0.2) is 0 Å². The first-order chi connectivity index (χ1) is 3.75. The molecular formula is C6H10N2. The molecule has 0 aliphatic heterocycles. The van der Waals surface area contributed by atoms with E-state index in [1.165, 1.54) is 0 Å². The van der Waals surface area contributed by atoms with E-state index in [4.69, 9.17) is 11.0 Å². The number of hydrogen-bond donors (Lipinski definition) is 1. The van der Waals surface area contributed by atoms with Gasteiger partial charge in [-0.15, -0.1) is 0 Å². The molecule has 0 spiro atoms. The first-order valence-electron chi connectivity index (χ1n) is 2.91. The maximum absolute atomic E-state index is 8.32. The highest BCUT2D eigenvalue weighted by Gasteiger charge is 2.39. The number of nitrogens with two attached hydrogens (primary N) is 1. The van der Waals surface area contributed by atoms with E-state index in [9.17, 15) is 0 Å². The molecule has 0 heterocycles. The van der Waals surface area contributed by atoms with Crippen LogP contribution in [0.3, 0.4) is 0 Å². The summed E-state index contributed by atoms with van der Waals surface area (Å²) < 4.78 is 0. The molecule has 1 saturated carbocycles. The molecule has 0 bridgehead atoms. The lowest BCUT2D eigenvalue weighted by Gasteiger charge is -1.96. The topological polar surface area (TPSA) is 49.8 Å². The van der Waals surface area contributed by atoms with Gasteiger partial charge >= 0.3 is 0 Å². The number of hydrogen-bond acceptors (Lipinski definition) is 2. The first kappa shape index (κ1) is 5.58. The predicted octanol–water partition coefficient (Wildman–Crippen LogP) is 0.493. The maximum atomic E-state index is 8.32. The molecule has 2 nitrogen and oxygen atoms in total. The molecule has 1 fully saturated rings. The lowest BCUT2D eigenvalue weighted by molar-refractivity contribution is 0.627. The predicted molar refractivity (Wildman–Crippen MR) is 30.9 cm³/mol. The van der Waals surface area contributed by atoms with Crippen LogP contribution in [0.2, 0.25) is 0 Å². The summed E-state index contributed by atoms with van der Waals surface area (Å²) in [4.78, 5) is 0. The van der Waals surface area contributed by atoms with Crippen molar-refractivity contribution in [1.29, 1.82) is 5.26 Å².